The molecule has 4 rings (SSSR count). The normalized spacial score (nSPS) is 17.0. The lowest BCUT2D eigenvalue weighted by Crippen LogP contribution is -2.40. The molecule has 1 saturated heterocycles. The molecular weight excluding hydrogens is 357 g/mol. The molecule has 3 heterocycles. The molecule has 0 aliphatic carbocycles. The zero-order valence-corrected chi connectivity index (χ0v) is 14.6. The van der Waals surface area contributed by atoms with Crippen LogP contribution in [0.15, 0.2) is 46.6 Å². The number of hydrogen-bond acceptors (Lipinski definition) is 5. The van der Waals surface area contributed by atoms with Gasteiger partial charge < -0.3 is 4.90 Å². The molecule has 0 radical (unpaired) electrons. The Kier molecular flexibility index (Phi) is 4.37. The summed E-state index contributed by atoms with van der Waals surface area (Å²) in [5.74, 6) is -0.539. The number of thiophene rings is 1. The molecule has 0 spiro atoms. The van der Waals surface area contributed by atoms with Gasteiger partial charge in [-0.15, -0.1) is 11.3 Å². The Balaban J connectivity index is 1.54. The van der Waals surface area contributed by atoms with Crippen molar-refractivity contribution in [1.29, 1.82) is 0 Å². The van der Waals surface area contributed by atoms with Crippen molar-refractivity contribution >= 4 is 17.2 Å². The third-order valence-electron chi connectivity index (χ3n) is 4.47. The standard InChI is InChI=1S/C17H16FN5O2S/c18-13-7-5-12(6-8-13)16(24)21-9-1-3-14(21)11-22-17(25)23(20-19-22)15-4-2-10-26-15/h2,4-8,10,14H,1,3,9,11H2/t14-/m1/s1. The molecule has 1 fully saturated rings. The molecule has 7 nitrogen and oxygen atoms in total. The van der Waals surface area contributed by atoms with Crippen molar-refractivity contribution in [3.8, 4) is 5.00 Å². The number of amides is 1. The van der Waals surface area contributed by atoms with Crippen LogP contribution >= 0.6 is 11.3 Å². The highest BCUT2D eigenvalue weighted by molar-refractivity contribution is 7.12. The molecule has 2 aromatic heterocycles. The zero-order chi connectivity index (χ0) is 18.1. The van der Waals surface area contributed by atoms with E-state index in [1.165, 1.54) is 45.0 Å². The lowest BCUT2D eigenvalue weighted by molar-refractivity contribution is 0.0720. The number of carbonyl (C=O) groups excluding carboxylic acids is 1. The molecule has 9 heteroatoms. The second-order valence-electron chi connectivity index (χ2n) is 6.11. The van der Waals surface area contributed by atoms with Crippen LogP contribution in [-0.4, -0.2) is 43.2 Å². The monoisotopic (exact) mass is 373 g/mol. The molecule has 3 aromatic rings. The summed E-state index contributed by atoms with van der Waals surface area (Å²) in [7, 11) is 0. The van der Waals surface area contributed by atoms with E-state index in [4.69, 9.17) is 0 Å². The van der Waals surface area contributed by atoms with Crippen LogP contribution in [0.25, 0.3) is 5.00 Å². The highest BCUT2D eigenvalue weighted by atomic mass is 32.1. The van der Waals surface area contributed by atoms with Gasteiger partial charge >= 0.3 is 5.69 Å². The fourth-order valence-corrected chi connectivity index (χ4v) is 3.84. The number of carbonyl (C=O) groups is 1. The van der Waals surface area contributed by atoms with Gasteiger partial charge in [-0.1, -0.05) is 0 Å². The number of halogens is 1. The first-order valence-corrected chi connectivity index (χ1v) is 9.14. The topological polar surface area (TPSA) is 73.0 Å². The van der Waals surface area contributed by atoms with Crippen LogP contribution in [0.4, 0.5) is 4.39 Å². The average Bonchev–Trinajstić information content (AvgIpc) is 3.38. The summed E-state index contributed by atoms with van der Waals surface area (Å²) in [6.45, 7) is 0.895. The van der Waals surface area contributed by atoms with Crippen LogP contribution in [-0.2, 0) is 6.54 Å². The summed E-state index contributed by atoms with van der Waals surface area (Å²) < 4.78 is 15.6. The zero-order valence-electron chi connectivity index (χ0n) is 13.8. The molecule has 0 N–H and O–H groups in total. The van der Waals surface area contributed by atoms with Crippen molar-refractivity contribution in [3.63, 3.8) is 0 Å². The molecule has 1 amide bonds. The molecular formula is C17H16FN5O2S. The number of hydrogen-bond donors (Lipinski definition) is 0. The van der Waals surface area contributed by atoms with E-state index in [0.717, 1.165) is 12.8 Å². The first-order chi connectivity index (χ1) is 12.6. The van der Waals surface area contributed by atoms with Gasteiger partial charge in [0.25, 0.3) is 5.91 Å². The van der Waals surface area contributed by atoms with E-state index in [1.807, 2.05) is 11.4 Å². The van der Waals surface area contributed by atoms with E-state index in [2.05, 4.69) is 10.4 Å². The van der Waals surface area contributed by atoms with Gasteiger partial charge in [-0.2, -0.15) is 9.36 Å². The minimum atomic E-state index is -0.378. The predicted octanol–water partition coefficient (Wildman–Crippen LogP) is 1.93. The van der Waals surface area contributed by atoms with E-state index in [1.54, 1.807) is 11.0 Å². The van der Waals surface area contributed by atoms with E-state index in [9.17, 15) is 14.0 Å². The van der Waals surface area contributed by atoms with Gasteiger partial charge in [0.1, 0.15) is 10.8 Å². The van der Waals surface area contributed by atoms with Crippen LogP contribution in [0, 0.1) is 5.82 Å². The molecule has 134 valence electrons. The van der Waals surface area contributed by atoms with E-state index in [-0.39, 0.29) is 30.0 Å². The minimum Gasteiger partial charge on any atom is -0.334 e. The van der Waals surface area contributed by atoms with Crippen molar-refractivity contribution in [2.75, 3.05) is 6.54 Å². The molecule has 26 heavy (non-hydrogen) atoms. The molecule has 1 aromatic carbocycles. The van der Waals surface area contributed by atoms with Gasteiger partial charge in [-0.25, -0.2) is 9.18 Å². The van der Waals surface area contributed by atoms with E-state index >= 15 is 0 Å². The highest BCUT2D eigenvalue weighted by Gasteiger charge is 2.30. The SMILES string of the molecule is O=C(c1ccc(F)cc1)N1CCC[C@@H]1Cn1nnn(-c2cccs2)c1=O. The quantitative estimate of drug-likeness (QED) is 0.701. The number of likely N-dealkylation sites (tertiary alicyclic amines) is 1. The smallest absolute Gasteiger partial charge is 0.334 e. The summed E-state index contributed by atoms with van der Waals surface area (Å²) in [5, 5.41) is 10.4. The van der Waals surface area contributed by atoms with Crippen molar-refractivity contribution in [2.24, 2.45) is 0 Å². The number of rotatable bonds is 4. The molecule has 0 saturated carbocycles. The molecule has 0 unspecified atom stereocenters. The number of tetrazole rings is 1. The predicted molar refractivity (Wildman–Crippen MR) is 94.0 cm³/mol. The van der Waals surface area contributed by atoms with E-state index in [0.29, 0.717) is 17.1 Å². The Morgan fingerprint density at radius 3 is 2.77 bits per heavy atom. The third kappa shape index (κ3) is 3.05. The Bertz CT molecular complexity index is 964. The van der Waals surface area contributed by atoms with Crippen molar-refractivity contribution in [1.82, 2.24) is 24.7 Å². The van der Waals surface area contributed by atoms with Crippen LogP contribution in [0.3, 0.4) is 0 Å². The van der Waals surface area contributed by atoms with Gasteiger partial charge in [0.05, 0.1) is 12.6 Å². The third-order valence-corrected chi connectivity index (χ3v) is 5.31. The number of benzene rings is 1. The van der Waals surface area contributed by atoms with Crippen LogP contribution < -0.4 is 5.69 Å². The first-order valence-electron chi connectivity index (χ1n) is 8.27. The summed E-state index contributed by atoms with van der Waals surface area (Å²) in [5.41, 5.74) is 0.112. The maximum atomic E-state index is 13.1. The van der Waals surface area contributed by atoms with Gasteiger partial charge in [0.2, 0.25) is 0 Å². The second kappa shape index (κ2) is 6.83. The average molecular weight is 373 g/mol. The van der Waals surface area contributed by atoms with Gasteiger partial charge in [0, 0.05) is 12.1 Å². The molecule has 1 atom stereocenters. The summed E-state index contributed by atoms with van der Waals surface area (Å²) >= 11 is 1.40. The summed E-state index contributed by atoms with van der Waals surface area (Å²) in [4.78, 5) is 26.9. The molecule has 1 aliphatic rings. The Labute approximate surface area is 152 Å². The van der Waals surface area contributed by atoms with Crippen molar-refractivity contribution in [3.05, 3.63) is 63.6 Å². The van der Waals surface area contributed by atoms with E-state index < -0.39 is 0 Å². The second-order valence-corrected chi connectivity index (χ2v) is 7.03. The first kappa shape index (κ1) is 16.6. The Hall–Kier alpha value is -2.81. The van der Waals surface area contributed by atoms with Crippen LogP contribution in [0.2, 0.25) is 0 Å². The summed E-state index contributed by atoms with van der Waals surface area (Å²) in [6.07, 6.45) is 1.64. The van der Waals surface area contributed by atoms with Gasteiger partial charge in [0.15, 0.2) is 0 Å². The number of aromatic nitrogens is 4. The minimum absolute atomic E-state index is 0.140. The largest absolute Gasteiger partial charge is 0.369 e. The van der Waals surface area contributed by atoms with Crippen molar-refractivity contribution in [2.45, 2.75) is 25.4 Å². The lowest BCUT2D eigenvalue weighted by atomic mass is 10.1. The lowest BCUT2D eigenvalue weighted by Gasteiger charge is -2.24. The van der Waals surface area contributed by atoms with Crippen LogP contribution in [0.1, 0.15) is 23.2 Å². The maximum Gasteiger partial charge on any atom is 0.369 e. The summed E-state index contributed by atoms with van der Waals surface area (Å²) in [6, 6.07) is 9.00. The van der Waals surface area contributed by atoms with Crippen molar-refractivity contribution < 1.29 is 9.18 Å². The maximum absolute atomic E-state index is 13.1. The fourth-order valence-electron chi connectivity index (χ4n) is 3.17. The Morgan fingerprint density at radius 2 is 2.04 bits per heavy atom. The molecule has 0 bridgehead atoms. The molecule has 1 aliphatic heterocycles. The van der Waals surface area contributed by atoms with Crippen LogP contribution in [0.5, 0.6) is 0 Å². The van der Waals surface area contributed by atoms with Gasteiger partial charge in [-0.3, -0.25) is 4.79 Å². The fraction of sp³-hybridized carbons (Fsp3) is 0.294. The number of nitrogens with zero attached hydrogens (tertiary/aromatic N) is 5. The van der Waals surface area contributed by atoms with Gasteiger partial charge in [-0.05, 0) is 65.0 Å². The highest BCUT2D eigenvalue weighted by Crippen LogP contribution is 2.21. The Morgan fingerprint density at radius 1 is 1.23 bits per heavy atom.